The number of anilines is 2. The minimum absolute atomic E-state index is 0.0550. The van der Waals surface area contributed by atoms with Crippen molar-refractivity contribution in [2.24, 2.45) is 0 Å². The largest absolute Gasteiger partial charge is 0.384 e. The summed E-state index contributed by atoms with van der Waals surface area (Å²) in [6.07, 6.45) is 0. The number of benzene rings is 2. The molecule has 0 aliphatic carbocycles. The Hall–Kier alpha value is -3.27. The third-order valence-electron chi connectivity index (χ3n) is 6.45. The summed E-state index contributed by atoms with van der Waals surface area (Å²) in [7, 11) is 1.46. The van der Waals surface area contributed by atoms with Crippen LogP contribution in [0, 0.1) is 12.7 Å². The van der Waals surface area contributed by atoms with Crippen molar-refractivity contribution < 1.29 is 27.5 Å². The predicted octanol–water partition coefficient (Wildman–Crippen LogP) is 5.27. The number of aryl methyl sites for hydroxylation is 1. The SMILES string of the molecule is Cc1nc(N[C@H](C)c2cccc(C(F)(F)C(C)(C)O)c2F)c2cc3c(cc2n1)[C@@](C)(F)C(=O)N3C. The van der Waals surface area contributed by atoms with Crippen LogP contribution < -0.4 is 10.2 Å². The summed E-state index contributed by atoms with van der Waals surface area (Å²) in [5.41, 5.74) is -4.73. The Kier molecular flexibility index (Phi) is 5.59. The molecule has 0 fully saturated rings. The van der Waals surface area contributed by atoms with Crippen molar-refractivity contribution >= 4 is 28.3 Å². The Balaban J connectivity index is 1.79. The molecule has 2 N–H and O–H groups in total. The smallest absolute Gasteiger partial charge is 0.303 e. The first-order valence-corrected chi connectivity index (χ1v) is 11.0. The molecule has 1 aliphatic rings. The van der Waals surface area contributed by atoms with Gasteiger partial charge in [-0.05, 0) is 52.8 Å². The van der Waals surface area contributed by atoms with E-state index in [4.69, 9.17) is 0 Å². The number of fused-ring (bicyclic) bond motifs is 2. The van der Waals surface area contributed by atoms with Gasteiger partial charge in [0.05, 0.1) is 22.8 Å². The Bertz CT molecular complexity index is 1350. The number of carbonyl (C=O) groups excluding carboxylic acids is 1. The molecule has 6 nitrogen and oxygen atoms in total. The lowest BCUT2D eigenvalue weighted by atomic mass is 9.91. The summed E-state index contributed by atoms with van der Waals surface area (Å²) in [6.45, 7) is 6.23. The second kappa shape index (κ2) is 7.87. The average Bonchev–Trinajstić information content (AvgIpc) is 2.91. The fourth-order valence-corrected chi connectivity index (χ4v) is 4.32. The lowest BCUT2D eigenvalue weighted by molar-refractivity contribution is -0.170. The number of aliphatic hydroxyl groups is 1. The normalized spacial score (nSPS) is 19.3. The van der Waals surface area contributed by atoms with Gasteiger partial charge >= 0.3 is 5.92 Å². The van der Waals surface area contributed by atoms with E-state index in [1.54, 1.807) is 19.9 Å². The highest BCUT2D eigenvalue weighted by atomic mass is 19.3. The van der Waals surface area contributed by atoms with E-state index in [1.807, 2.05) is 0 Å². The van der Waals surface area contributed by atoms with Gasteiger partial charge in [-0.15, -0.1) is 0 Å². The van der Waals surface area contributed by atoms with Crippen molar-refractivity contribution in [3.8, 4) is 0 Å². The Morgan fingerprint density at radius 1 is 1.20 bits per heavy atom. The maximum absolute atomic E-state index is 15.3. The van der Waals surface area contributed by atoms with Crippen LogP contribution in [0.3, 0.4) is 0 Å². The van der Waals surface area contributed by atoms with E-state index in [-0.39, 0.29) is 16.9 Å². The molecule has 2 atom stereocenters. The fourth-order valence-electron chi connectivity index (χ4n) is 4.32. The molecule has 0 spiro atoms. The number of carbonyl (C=O) groups is 1. The molecule has 0 saturated carbocycles. The lowest BCUT2D eigenvalue weighted by Gasteiger charge is -2.30. The summed E-state index contributed by atoms with van der Waals surface area (Å²) < 4.78 is 59.8. The number of alkyl halides is 3. The molecule has 0 unspecified atom stereocenters. The van der Waals surface area contributed by atoms with Gasteiger partial charge in [0.2, 0.25) is 5.67 Å². The maximum atomic E-state index is 15.3. The number of nitrogens with zero attached hydrogens (tertiary/aromatic N) is 3. The van der Waals surface area contributed by atoms with E-state index in [9.17, 15) is 18.7 Å². The van der Waals surface area contributed by atoms with Crippen LogP contribution in [0.25, 0.3) is 10.9 Å². The molecule has 1 aliphatic heterocycles. The van der Waals surface area contributed by atoms with Crippen molar-refractivity contribution in [2.45, 2.75) is 57.9 Å². The van der Waals surface area contributed by atoms with E-state index < -0.39 is 40.5 Å². The van der Waals surface area contributed by atoms with Gasteiger partial charge in [-0.2, -0.15) is 8.78 Å². The van der Waals surface area contributed by atoms with Crippen LogP contribution in [-0.4, -0.2) is 33.6 Å². The molecule has 1 aromatic heterocycles. The highest BCUT2D eigenvalue weighted by molar-refractivity contribution is 6.09. The third kappa shape index (κ3) is 3.80. The van der Waals surface area contributed by atoms with Crippen LogP contribution in [0.5, 0.6) is 0 Å². The number of hydrogen-bond donors (Lipinski definition) is 2. The van der Waals surface area contributed by atoms with E-state index in [2.05, 4.69) is 15.3 Å². The van der Waals surface area contributed by atoms with Gasteiger partial charge in [-0.25, -0.2) is 18.7 Å². The zero-order chi connectivity index (χ0) is 26.1. The summed E-state index contributed by atoms with van der Waals surface area (Å²) in [5, 5.41) is 13.4. The molecule has 2 heterocycles. The molecule has 0 saturated heterocycles. The van der Waals surface area contributed by atoms with Crippen molar-refractivity contribution in [2.75, 3.05) is 17.3 Å². The van der Waals surface area contributed by atoms with E-state index in [0.717, 1.165) is 19.9 Å². The van der Waals surface area contributed by atoms with Crippen LogP contribution in [0.15, 0.2) is 30.3 Å². The van der Waals surface area contributed by atoms with Gasteiger partial charge in [-0.1, -0.05) is 12.1 Å². The fraction of sp³-hybridized carbons (Fsp3) is 0.400. The molecule has 35 heavy (non-hydrogen) atoms. The first kappa shape index (κ1) is 24.8. The number of halogens is 4. The third-order valence-corrected chi connectivity index (χ3v) is 6.45. The van der Waals surface area contributed by atoms with E-state index >= 15 is 8.78 Å². The molecule has 186 valence electrons. The Morgan fingerprint density at radius 3 is 2.49 bits per heavy atom. The Labute approximate surface area is 200 Å². The van der Waals surface area contributed by atoms with Crippen molar-refractivity contribution in [3.05, 3.63) is 58.7 Å². The predicted molar refractivity (Wildman–Crippen MR) is 125 cm³/mol. The first-order chi connectivity index (χ1) is 16.1. The second-order valence-corrected chi connectivity index (χ2v) is 9.58. The number of nitrogens with one attached hydrogen (secondary N) is 1. The zero-order valence-corrected chi connectivity index (χ0v) is 20.2. The zero-order valence-electron chi connectivity index (χ0n) is 20.2. The highest BCUT2D eigenvalue weighted by Crippen LogP contribution is 2.45. The molecule has 1 amide bonds. The van der Waals surface area contributed by atoms with Crippen molar-refractivity contribution in [1.29, 1.82) is 0 Å². The van der Waals surface area contributed by atoms with Crippen molar-refractivity contribution in [3.63, 3.8) is 0 Å². The molecule has 2 aromatic carbocycles. The molecular weight excluding hydrogens is 464 g/mol. The number of hydrogen-bond acceptors (Lipinski definition) is 5. The minimum atomic E-state index is -3.83. The molecule has 10 heteroatoms. The number of rotatable bonds is 5. The number of aromatic nitrogens is 2. The molecule has 3 aromatic rings. The summed E-state index contributed by atoms with van der Waals surface area (Å²) >= 11 is 0. The Morgan fingerprint density at radius 2 is 1.86 bits per heavy atom. The topological polar surface area (TPSA) is 78.4 Å². The van der Waals surface area contributed by atoms with Gasteiger partial charge in [-0.3, -0.25) is 4.79 Å². The standard InChI is InChI=1S/C25H26F4N4O2/c1-12(14-8-7-9-16(20(14)26)25(28,29)23(3,4)35)30-21-15-10-19-17(11-18(15)31-13(2)32-21)24(5,27)22(34)33(19)6/h7-12,35H,1-6H3,(H,30,31,32)/t12-,24-/m1/s1. The lowest BCUT2D eigenvalue weighted by Crippen LogP contribution is -2.41. The minimum Gasteiger partial charge on any atom is -0.384 e. The molecule has 0 bridgehead atoms. The second-order valence-electron chi connectivity index (χ2n) is 9.58. The van der Waals surface area contributed by atoms with Crippen LogP contribution in [0.4, 0.5) is 29.1 Å². The monoisotopic (exact) mass is 490 g/mol. The highest BCUT2D eigenvalue weighted by Gasteiger charge is 2.49. The van der Waals surface area contributed by atoms with Crippen LogP contribution >= 0.6 is 0 Å². The summed E-state index contributed by atoms with van der Waals surface area (Å²) in [4.78, 5) is 22.3. The van der Waals surface area contributed by atoms with Gasteiger partial charge in [0.25, 0.3) is 5.91 Å². The molecule has 0 radical (unpaired) electrons. The summed E-state index contributed by atoms with van der Waals surface area (Å²) in [5.74, 6) is -5.07. The average molecular weight is 491 g/mol. The van der Waals surface area contributed by atoms with Crippen LogP contribution in [0.1, 0.15) is 56.3 Å². The van der Waals surface area contributed by atoms with E-state index in [1.165, 1.54) is 37.1 Å². The van der Waals surface area contributed by atoms with Crippen LogP contribution in [0.2, 0.25) is 0 Å². The van der Waals surface area contributed by atoms with Gasteiger partial charge in [0.1, 0.15) is 23.1 Å². The summed E-state index contributed by atoms with van der Waals surface area (Å²) in [6, 6.07) is 5.86. The maximum Gasteiger partial charge on any atom is 0.303 e. The van der Waals surface area contributed by atoms with Crippen LogP contribution in [-0.2, 0) is 16.4 Å². The van der Waals surface area contributed by atoms with Gasteiger partial charge in [0.15, 0.2) is 0 Å². The quantitative estimate of drug-likeness (QED) is 0.476. The van der Waals surface area contributed by atoms with Crippen molar-refractivity contribution in [1.82, 2.24) is 9.97 Å². The molecular formula is C25H26F4N4O2. The van der Waals surface area contributed by atoms with Gasteiger partial charge in [0, 0.05) is 23.6 Å². The van der Waals surface area contributed by atoms with Gasteiger partial charge < -0.3 is 15.3 Å². The molecule has 4 rings (SSSR count). The number of likely N-dealkylation sites (N-methyl/N-ethyl adjacent to an activating group) is 1. The van der Waals surface area contributed by atoms with E-state index in [0.29, 0.717) is 22.4 Å². The first-order valence-electron chi connectivity index (χ1n) is 11.0. The number of amides is 1.